The summed E-state index contributed by atoms with van der Waals surface area (Å²) in [5.41, 5.74) is 4.59. The number of nitrogens with zero attached hydrogens (tertiary/aromatic N) is 7. The van der Waals surface area contributed by atoms with Crippen LogP contribution in [0.4, 0.5) is 29.6 Å². The number of likely N-dealkylation sites (tertiary alicyclic amines) is 1. The molecule has 3 aliphatic rings. The zero-order valence-corrected chi connectivity index (χ0v) is 41.3. The fourth-order valence-electron chi connectivity index (χ4n) is 8.65. The SMILES string of the molecule is CC(C)CNC(=O)c1noc(NS(=O)(=O)c2ccc3c(c2)CN([C@H](C)c2cc(F)cc(F)c2)CC3)n1.C[C@H](c1cc(F)cc(F)c1)N1CCc2ccc(S(=O)(=O)Nc3nc(C(=O)N4CCCC4)no3)cc2C1. The number of benzene rings is 4. The molecule has 382 valence electrons. The second kappa shape index (κ2) is 21.5. The van der Waals surface area contributed by atoms with E-state index in [0.29, 0.717) is 69.8 Å². The predicted octanol–water partition coefficient (Wildman–Crippen LogP) is 7.16. The van der Waals surface area contributed by atoms with E-state index in [1.807, 2.05) is 37.5 Å². The number of rotatable bonds is 14. The van der Waals surface area contributed by atoms with Crippen molar-refractivity contribution in [1.29, 1.82) is 0 Å². The molecule has 0 radical (unpaired) electrons. The van der Waals surface area contributed by atoms with E-state index in [1.165, 1.54) is 36.4 Å². The molecule has 72 heavy (non-hydrogen) atoms. The van der Waals surface area contributed by atoms with Crippen LogP contribution in [0.25, 0.3) is 0 Å². The van der Waals surface area contributed by atoms with E-state index in [2.05, 4.69) is 35.0 Å². The maximum atomic E-state index is 13.7. The van der Waals surface area contributed by atoms with Crippen molar-refractivity contribution in [1.82, 2.24) is 40.3 Å². The Balaban J connectivity index is 0.000000193. The van der Waals surface area contributed by atoms with Crippen LogP contribution in [0.3, 0.4) is 0 Å². The minimum atomic E-state index is -4.08. The molecule has 24 heteroatoms. The average molecular weight is 1040 g/mol. The number of carbonyl (C=O) groups is 2. The summed E-state index contributed by atoms with van der Waals surface area (Å²) in [7, 11) is -8.15. The van der Waals surface area contributed by atoms with E-state index < -0.39 is 67.2 Å². The second-order valence-corrected chi connectivity index (χ2v) is 21.6. The fraction of sp³-hybridized carbons (Fsp3) is 0.375. The molecule has 0 bridgehead atoms. The summed E-state index contributed by atoms with van der Waals surface area (Å²) in [5.74, 6) is -3.79. The molecule has 2 aromatic heterocycles. The van der Waals surface area contributed by atoms with Gasteiger partial charge in [0, 0.05) is 70.0 Å². The third-order valence-corrected chi connectivity index (χ3v) is 15.3. The van der Waals surface area contributed by atoms with Crippen molar-refractivity contribution < 1.29 is 53.0 Å². The van der Waals surface area contributed by atoms with E-state index in [4.69, 9.17) is 9.05 Å². The molecule has 2 amide bonds. The van der Waals surface area contributed by atoms with Crippen molar-refractivity contribution in [3.05, 3.63) is 141 Å². The van der Waals surface area contributed by atoms with Crippen molar-refractivity contribution >= 4 is 43.9 Å². The summed E-state index contributed by atoms with van der Waals surface area (Å²) in [4.78, 5) is 37.8. The predicted molar refractivity (Wildman–Crippen MR) is 253 cm³/mol. The van der Waals surface area contributed by atoms with Crippen molar-refractivity contribution in [2.24, 2.45) is 5.92 Å². The standard InChI is InChI=1S/C24H25F2N5O4S.C24H27F2N5O4S/c1-15(17-10-19(25)13-20(26)11-17)31-9-6-16-4-5-21(12-18(16)14-31)36(33,34)29-24-27-22(28-35-24)23(32)30-7-2-3-8-30;1-14(2)12-27-23(32)22-28-24(35-29-22)30-36(33,34)21-5-4-16-6-7-31(13-18(16)10-21)15(3)17-8-19(25)11-20(26)9-17/h4-5,10-13,15H,2-3,6-9,14H2,1H3,(H,27,28,29);4-5,8-11,14-15H,6-7,12-13H2,1-3H3,(H,27,32)(H,28,29,30)/t2*15-/m11/s1. The van der Waals surface area contributed by atoms with Gasteiger partial charge in [-0.15, -0.1) is 0 Å². The van der Waals surface area contributed by atoms with Gasteiger partial charge in [0.2, 0.25) is 0 Å². The number of hydrogen-bond acceptors (Lipinski definition) is 14. The monoisotopic (exact) mass is 1040 g/mol. The number of aromatic nitrogens is 4. The van der Waals surface area contributed by atoms with Crippen LogP contribution < -0.4 is 14.8 Å². The Bertz CT molecular complexity index is 3160. The average Bonchev–Trinajstić information content (AvgIpc) is 4.15. The molecule has 9 rings (SSSR count). The first-order valence-corrected chi connectivity index (χ1v) is 26.1. The first-order valence-electron chi connectivity index (χ1n) is 23.2. The van der Waals surface area contributed by atoms with Gasteiger partial charge < -0.3 is 19.3 Å². The lowest BCUT2D eigenvalue weighted by Crippen LogP contribution is -2.33. The minimum Gasteiger partial charge on any atom is -0.349 e. The minimum absolute atomic E-state index is 0.00169. The molecule has 0 unspecified atom stereocenters. The maximum Gasteiger partial charge on any atom is 0.335 e. The smallest absolute Gasteiger partial charge is 0.335 e. The molecule has 3 aliphatic heterocycles. The van der Waals surface area contributed by atoms with Gasteiger partial charge in [-0.3, -0.25) is 19.4 Å². The van der Waals surface area contributed by atoms with Crippen LogP contribution in [0.2, 0.25) is 0 Å². The third kappa shape index (κ3) is 12.3. The van der Waals surface area contributed by atoms with E-state index in [-0.39, 0.29) is 39.4 Å². The van der Waals surface area contributed by atoms with E-state index in [1.54, 1.807) is 29.2 Å². The molecule has 0 spiro atoms. The van der Waals surface area contributed by atoms with Crippen molar-refractivity contribution in [2.75, 3.05) is 42.2 Å². The van der Waals surface area contributed by atoms with Crippen LogP contribution in [0, 0.1) is 29.2 Å². The number of anilines is 2. The van der Waals surface area contributed by atoms with E-state index >= 15 is 0 Å². The molecule has 3 N–H and O–H groups in total. The molecule has 2 atom stereocenters. The lowest BCUT2D eigenvalue weighted by molar-refractivity contribution is 0.0777. The van der Waals surface area contributed by atoms with Gasteiger partial charge in [-0.05, 0) is 138 Å². The Kier molecular flexibility index (Phi) is 15.4. The van der Waals surface area contributed by atoms with Crippen molar-refractivity contribution in [2.45, 2.75) is 88.3 Å². The second-order valence-electron chi connectivity index (χ2n) is 18.2. The molecule has 0 saturated carbocycles. The number of sulfonamides is 2. The van der Waals surface area contributed by atoms with E-state index in [0.717, 1.165) is 47.2 Å². The zero-order valence-electron chi connectivity index (χ0n) is 39.7. The number of nitrogens with one attached hydrogen (secondary N) is 3. The van der Waals surface area contributed by atoms with Crippen LogP contribution in [0.15, 0.2) is 91.6 Å². The normalized spacial score (nSPS) is 16.0. The summed E-state index contributed by atoms with van der Waals surface area (Å²) in [5, 5.41) is 9.77. The largest absolute Gasteiger partial charge is 0.349 e. The Morgan fingerprint density at radius 3 is 1.47 bits per heavy atom. The summed E-state index contributed by atoms with van der Waals surface area (Å²) < 4.78 is 121. The fourth-order valence-corrected chi connectivity index (χ4v) is 10.6. The molecule has 1 fully saturated rings. The van der Waals surface area contributed by atoms with Crippen molar-refractivity contribution in [3.8, 4) is 0 Å². The topological polar surface area (TPSA) is 226 Å². The van der Waals surface area contributed by atoms with E-state index in [9.17, 15) is 44.0 Å². The highest BCUT2D eigenvalue weighted by atomic mass is 32.2. The highest BCUT2D eigenvalue weighted by Gasteiger charge is 2.30. The Hall–Kier alpha value is -6.76. The van der Waals surface area contributed by atoms with Gasteiger partial charge in [-0.25, -0.2) is 43.8 Å². The number of halogens is 4. The lowest BCUT2D eigenvalue weighted by Gasteiger charge is -2.34. The summed E-state index contributed by atoms with van der Waals surface area (Å²) in [6.07, 6.45) is 3.12. The molecule has 5 heterocycles. The quantitative estimate of drug-likeness (QED) is 0.0921. The van der Waals surface area contributed by atoms with Gasteiger partial charge in [0.05, 0.1) is 9.79 Å². The summed E-state index contributed by atoms with van der Waals surface area (Å²) in [6, 6.07) is 15.1. The number of fused-ring (bicyclic) bond motifs is 2. The molecule has 0 aliphatic carbocycles. The highest BCUT2D eigenvalue weighted by Crippen LogP contribution is 2.32. The van der Waals surface area contributed by atoms with Gasteiger partial charge in [0.15, 0.2) is 0 Å². The third-order valence-electron chi connectivity index (χ3n) is 12.6. The summed E-state index contributed by atoms with van der Waals surface area (Å²) in [6.45, 7) is 11.3. The molecular formula is C48H52F4N10O8S2. The van der Waals surface area contributed by atoms with Crippen LogP contribution in [0.5, 0.6) is 0 Å². The van der Waals surface area contributed by atoms with Gasteiger partial charge in [0.1, 0.15) is 23.3 Å². The maximum absolute atomic E-state index is 13.7. The first kappa shape index (κ1) is 51.6. The molecule has 1 saturated heterocycles. The first-order chi connectivity index (χ1) is 34.2. The summed E-state index contributed by atoms with van der Waals surface area (Å²) >= 11 is 0. The number of amides is 2. The molecular weight excluding hydrogens is 985 g/mol. The van der Waals surface area contributed by atoms with Gasteiger partial charge in [-0.1, -0.05) is 26.0 Å². The van der Waals surface area contributed by atoms with Crippen LogP contribution in [-0.4, -0.2) is 96.4 Å². The zero-order chi connectivity index (χ0) is 51.5. The Labute approximate surface area is 413 Å². The Morgan fingerprint density at radius 2 is 1.03 bits per heavy atom. The Morgan fingerprint density at radius 1 is 0.597 bits per heavy atom. The van der Waals surface area contributed by atoms with Crippen molar-refractivity contribution in [3.63, 3.8) is 0 Å². The molecule has 4 aromatic carbocycles. The van der Waals surface area contributed by atoms with Crippen LogP contribution >= 0.6 is 0 Å². The highest BCUT2D eigenvalue weighted by molar-refractivity contribution is 7.93. The van der Waals surface area contributed by atoms with Gasteiger partial charge in [-0.2, -0.15) is 9.97 Å². The molecule has 6 aromatic rings. The van der Waals surface area contributed by atoms with Crippen LogP contribution in [0.1, 0.15) is 107 Å². The number of carbonyl (C=O) groups excluding carboxylic acids is 2. The van der Waals surface area contributed by atoms with Gasteiger partial charge in [0.25, 0.3) is 43.5 Å². The lowest BCUT2D eigenvalue weighted by atomic mass is 9.97. The van der Waals surface area contributed by atoms with Gasteiger partial charge >= 0.3 is 12.0 Å². The van der Waals surface area contributed by atoms with Crippen LogP contribution in [-0.2, 0) is 46.0 Å². The molecule has 18 nitrogen and oxygen atoms in total. The number of hydrogen-bond donors (Lipinski definition) is 3.